The Balaban J connectivity index is 1.60. The van der Waals surface area contributed by atoms with Gasteiger partial charge in [-0.2, -0.15) is 0 Å². The number of rotatable bonds is 7. The van der Waals surface area contributed by atoms with Gasteiger partial charge in [-0.05, 0) is 64.8 Å². The smallest absolute Gasteiger partial charge is 0.338 e. The van der Waals surface area contributed by atoms with Gasteiger partial charge in [-0.3, -0.25) is 9.79 Å². The molecule has 0 radical (unpaired) electrons. The van der Waals surface area contributed by atoms with Crippen LogP contribution in [0.25, 0.3) is 0 Å². The Morgan fingerprint density at radius 2 is 2.00 bits per heavy atom. The average molecular weight is 475 g/mol. The summed E-state index contributed by atoms with van der Waals surface area (Å²) in [4.78, 5) is 30.2. The average Bonchev–Trinajstić information content (AvgIpc) is 2.78. The van der Waals surface area contributed by atoms with E-state index in [0.29, 0.717) is 49.9 Å². The fraction of sp³-hybridized carbons (Fsp3) is 0.318. The van der Waals surface area contributed by atoms with E-state index in [0.717, 1.165) is 10.0 Å². The zero-order valence-electron chi connectivity index (χ0n) is 16.7. The van der Waals surface area contributed by atoms with Crippen LogP contribution in [0.1, 0.15) is 22.8 Å². The molecule has 0 bridgehead atoms. The largest absolute Gasteiger partial charge is 0.483 e. The van der Waals surface area contributed by atoms with Crippen molar-refractivity contribution < 1.29 is 23.8 Å². The van der Waals surface area contributed by atoms with Crippen molar-refractivity contribution in [3.05, 3.63) is 58.1 Å². The molecule has 0 N–H and O–H groups in total. The lowest BCUT2D eigenvalue weighted by molar-refractivity contribution is -0.137. The molecular formula is C22H23BrN2O5. The topological polar surface area (TPSA) is 77.4 Å². The molecule has 158 valence electrons. The second-order valence-electron chi connectivity index (χ2n) is 6.50. The molecule has 1 amide bonds. The number of benzene rings is 2. The Kier molecular flexibility index (Phi) is 7.98. The molecule has 0 unspecified atom stereocenters. The second kappa shape index (κ2) is 10.9. The van der Waals surface area contributed by atoms with Crippen LogP contribution in [0.4, 0.5) is 5.69 Å². The lowest BCUT2D eigenvalue weighted by atomic mass is 10.2. The van der Waals surface area contributed by atoms with E-state index >= 15 is 0 Å². The lowest BCUT2D eigenvalue weighted by Crippen LogP contribution is -2.43. The summed E-state index contributed by atoms with van der Waals surface area (Å²) in [6.07, 6.45) is 1.69. The van der Waals surface area contributed by atoms with E-state index in [4.69, 9.17) is 14.2 Å². The van der Waals surface area contributed by atoms with Crippen molar-refractivity contribution in [2.45, 2.75) is 6.92 Å². The van der Waals surface area contributed by atoms with Gasteiger partial charge >= 0.3 is 5.97 Å². The first-order valence-electron chi connectivity index (χ1n) is 9.66. The number of nitrogens with zero attached hydrogens (tertiary/aromatic N) is 2. The monoisotopic (exact) mass is 474 g/mol. The molecule has 2 aromatic rings. The van der Waals surface area contributed by atoms with Crippen molar-refractivity contribution in [3.63, 3.8) is 0 Å². The second-order valence-corrected chi connectivity index (χ2v) is 7.36. The summed E-state index contributed by atoms with van der Waals surface area (Å²) < 4.78 is 16.6. The third-order valence-electron chi connectivity index (χ3n) is 4.39. The molecule has 1 fully saturated rings. The standard InChI is InChI=1S/C22H23BrN2O5/c1-2-29-22(27)17-4-3-5-18(13-17)24-14-16-6-7-20(19(23)12-16)30-15-21(26)25-8-10-28-11-9-25/h3-7,12-14H,2,8-11,15H2,1H3. The zero-order valence-corrected chi connectivity index (χ0v) is 18.3. The van der Waals surface area contributed by atoms with E-state index in [1.807, 2.05) is 18.2 Å². The molecule has 1 heterocycles. The number of hydrogen-bond acceptors (Lipinski definition) is 6. The van der Waals surface area contributed by atoms with Crippen LogP contribution in [-0.2, 0) is 14.3 Å². The van der Waals surface area contributed by atoms with Crippen LogP contribution in [0.15, 0.2) is 51.9 Å². The van der Waals surface area contributed by atoms with Gasteiger partial charge in [0.05, 0.1) is 35.5 Å². The van der Waals surface area contributed by atoms with Crippen LogP contribution in [-0.4, -0.2) is 62.5 Å². The highest BCUT2D eigenvalue weighted by molar-refractivity contribution is 9.10. The van der Waals surface area contributed by atoms with Crippen molar-refractivity contribution in [1.82, 2.24) is 4.90 Å². The van der Waals surface area contributed by atoms with E-state index in [1.165, 1.54) is 0 Å². The first-order chi connectivity index (χ1) is 14.6. The predicted molar refractivity (Wildman–Crippen MR) is 117 cm³/mol. The number of amides is 1. The van der Waals surface area contributed by atoms with Gasteiger partial charge < -0.3 is 19.1 Å². The van der Waals surface area contributed by atoms with Gasteiger partial charge in [-0.15, -0.1) is 0 Å². The number of halogens is 1. The SMILES string of the molecule is CCOC(=O)c1cccc(N=Cc2ccc(OCC(=O)N3CCOCC3)c(Br)c2)c1. The summed E-state index contributed by atoms with van der Waals surface area (Å²) in [7, 11) is 0. The molecule has 7 nitrogen and oxygen atoms in total. The van der Waals surface area contributed by atoms with Gasteiger partial charge in [0.2, 0.25) is 0 Å². The summed E-state index contributed by atoms with van der Waals surface area (Å²) in [5.41, 5.74) is 1.95. The van der Waals surface area contributed by atoms with E-state index in [1.54, 1.807) is 42.3 Å². The van der Waals surface area contributed by atoms with Gasteiger partial charge in [0.15, 0.2) is 6.61 Å². The van der Waals surface area contributed by atoms with Gasteiger partial charge in [0, 0.05) is 19.3 Å². The Morgan fingerprint density at radius 3 is 2.73 bits per heavy atom. The molecule has 0 saturated carbocycles. The fourth-order valence-corrected chi connectivity index (χ4v) is 3.35. The van der Waals surface area contributed by atoms with Gasteiger partial charge in [-0.25, -0.2) is 4.79 Å². The Labute approximate surface area is 183 Å². The Hall–Kier alpha value is -2.71. The van der Waals surface area contributed by atoms with Crippen molar-refractivity contribution in [2.24, 2.45) is 4.99 Å². The number of aliphatic imine (C=N–C) groups is 1. The molecule has 1 aliphatic heterocycles. The molecule has 3 rings (SSSR count). The third kappa shape index (κ3) is 6.14. The van der Waals surface area contributed by atoms with Crippen LogP contribution >= 0.6 is 15.9 Å². The van der Waals surface area contributed by atoms with E-state index in [9.17, 15) is 9.59 Å². The quantitative estimate of drug-likeness (QED) is 0.452. The van der Waals surface area contributed by atoms with Gasteiger partial charge in [0.1, 0.15) is 5.75 Å². The number of morpholine rings is 1. The summed E-state index contributed by atoms with van der Waals surface area (Å²) in [6.45, 7) is 4.38. The number of esters is 1. The molecule has 8 heteroatoms. The van der Waals surface area contributed by atoms with E-state index in [-0.39, 0.29) is 18.5 Å². The first-order valence-corrected chi connectivity index (χ1v) is 10.4. The van der Waals surface area contributed by atoms with E-state index in [2.05, 4.69) is 20.9 Å². The fourth-order valence-electron chi connectivity index (χ4n) is 2.83. The van der Waals surface area contributed by atoms with Crippen LogP contribution in [0.3, 0.4) is 0 Å². The number of ether oxygens (including phenoxy) is 3. The maximum atomic E-state index is 12.2. The molecule has 30 heavy (non-hydrogen) atoms. The Bertz CT molecular complexity index is 925. The van der Waals surface area contributed by atoms with Crippen LogP contribution in [0, 0.1) is 0 Å². The van der Waals surface area contributed by atoms with Crippen LogP contribution in [0.2, 0.25) is 0 Å². The summed E-state index contributed by atoms with van der Waals surface area (Å²) >= 11 is 3.47. The number of carbonyl (C=O) groups is 2. The van der Waals surface area contributed by atoms with Gasteiger partial charge in [-0.1, -0.05) is 6.07 Å². The van der Waals surface area contributed by atoms with Crippen molar-refractivity contribution in [3.8, 4) is 5.75 Å². The van der Waals surface area contributed by atoms with Crippen molar-refractivity contribution in [2.75, 3.05) is 39.5 Å². The molecule has 2 aromatic carbocycles. The van der Waals surface area contributed by atoms with Crippen LogP contribution < -0.4 is 4.74 Å². The van der Waals surface area contributed by atoms with E-state index < -0.39 is 0 Å². The summed E-state index contributed by atoms with van der Waals surface area (Å²) in [5.74, 6) is 0.154. The minimum Gasteiger partial charge on any atom is -0.483 e. The zero-order chi connectivity index (χ0) is 21.3. The minimum absolute atomic E-state index is 0.0211. The molecule has 0 atom stereocenters. The molecule has 1 aliphatic rings. The summed E-state index contributed by atoms with van der Waals surface area (Å²) in [5, 5.41) is 0. The molecule has 1 saturated heterocycles. The number of carbonyl (C=O) groups excluding carboxylic acids is 2. The van der Waals surface area contributed by atoms with Crippen molar-refractivity contribution in [1.29, 1.82) is 0 Å². The molecule has 0 spiro atoms. The highest BCUT2D eigenvalue weighted by Crippen LogP contribution is 2.26. The highest BCUT2D eigenvalue weighted by Gasteiger charge is 2.17. The minimum atomic E-state index is -0.370. The lowest BCUT2D eigenvalue weighted by Gasteiger charge is -2.26. The van der Waals surface area contributed by atoms with Crippen molar-refractivity contribution >= 4 is 39.7 Å². The van der Waals surface area contributed by atoms with Crippen LogP contribution in [0.5, 0.6) is 5.75 Å². The highest BCUT2D eigenvalue weighted by atomic mass is 79.9. The first kappa shape index (κ1) is 22.0. The summed E-state index contributed by atoms with van der Waals surface area (Å²) in [6, 6.07) is 12.4. The molecule has 0 aromatic heterocycles. The molecular weight excluding hydrogens is 452 g/mol. The molecule has 0 aliphatic carbocycles. The predicted octanol–water partition coefficient (Wildman–Crippen LogP) is 3.61. The Morgan fingerprint density at radius 1 is 1.20 bits per heavy atom. The normalized spacial score (nSPS) is 14.0. The number of hydrogen-bond donors (Lipinski definition) is 0. The maximum Gasteiger partial charge on any atom is 0.338 e. The third-order valence-corrected chi connectivity index (χ3v) is 5.01. The maximum absolute atomic E-state index is 12.2. The van der Waals surface area contributed by atoms with Gasteiger partial charge in [0.25, 0.3) is 5.91 Å².